The molecule has 8 heteroatoms. The van der Waals surface area contributed by atoms with Crippen molar-refractivity contribution in [1.29, 1.82) is 0 Å². The first-order valence-corrected chi connectivity index (χ1v) is 9.19. The van der Waals surface area contributed by atoms with Crippen LogP contribution in [-0.4, -0.2) is 74.2 Å². The van der Waals surface area contributed by atoms with E-state index in [4.69, 9.17) is 9.72 Å². The number of halogens is 1. The second-order valence-corrected chi connectivity index (χ2v) is 6.48. The zero-order valence-electron chi connectivity index (χ0n) is 16.9. The van der Waals surface area contributed by atoms with Crippen LogP contribution in [-0.2, 0) is 11.2 Å². The molecule has 0 unspecified atom stereocenters. The fourth-order valence-electron chi connectivity index (χ4n) is 2.81. The number of guanidine groups is 1. The largest absolute Gasteiger partial charge is 0.385 e. The molecule has 152 valence electrons. The number of aliphatic imine (C=N–C) groups is 1. The van der Waals surface area contributed by atoms with E-state index in [1.807, 2.05) is 12.3 Å². The molecule has 0 radical (unpaired) electrons. The number of aryl methyl sites for hydroxylation is 1. The van der Waals surface area contributed by atoms with Gasteiger partial charge in [0.2, 0.25) is 0 Å². The van der Waals surface area contributed by atoms with Crippen LogP contribution in [0.2, 0.25) is 0 Å². The van der Waals surface area contributed by atoms with Gasteiger partial charge in [-0.3, -0.25) is 4.99 Å². The Bertz CT molecular complexity index is 703. The summed E-state index contributed by atoms with van der Waals surface area (Å²) in [5, 5.41) is 6.71. The van der Waals surface area contributed by atoms with E-state index in [9.17, 15) is 0 Å². The number of nitrogens with zero attached hydrogens (tertiary/aromatic N) is 4. The van der Waals surface area contributed by atoms with Crippen molar-refractivity contribution in [3.05, 3.63) is 35.8 Å². The van der Waals surface area contributed by atoms with E-state index in [1.165, 1.54) is 5.56 Å². The lowest BCUT2D eigenvalue weighted by Crippen LogP contribution is -2.41. The van der Waals surface area contributed by atoms with E-state index in [-0.39, 0.29) is 24.0 Å². The van der Waals surface area contributed by atoms with Crippen LogP contribution >= 0.6 is 24.0 Å². The summed E-state index contributed by atoms with van der Waals surface area (Å²) >= 11 is 0. The van der Waals surface area contributed by atoms with Crippen molar-refractivity contribution < 1.29 is 4.74 Å². The van der Waals surface area contributed by atoms with Gasteiger partial charge in [-0.05, 0) is 32.0 Å². The smallest absolute Gasteiger partial charge is 0.191 e. The molecule has 0 aliphatic carbocycles. The minimum Gasteiger partial charge on any atom is -0.385 e. The number of aromatic nitrogens is 2. The van der Waals surface area contributed by atoms with Gasteiger partial charge >= 0.3 is 0 Å². The number of pyridine rings is 1. The van der Waals surface area contributed by atoms with Gasteiger partial charge in [0.05, 0.1) is 5.69 Å². The van der Waals surface area contributed by atoms with Crippen molar-refractivity contribution >= 4 is 35.6 Å². The third-order valence-corrected chi connectivity index (χ3v) is 4.30. The van der Waals surface area contributed by atoms with Gasteiger partial charge in [-0.2, -0.15) is 0 Å². The quantitative estimate of drug-likeness (QED) is 0.232. The molecule has 0 bridgehead atoms. The molecule has 2 heterocycles. The van der Waals surface area contributed by atoms with E-state index in [0.717, 1.165) is 62.9 Å². The molecule has 0 amide bonds. The van der Waals surface area contributed by atoms with E-state index < -0.39 is 0 Å². The molecule has 0 spiro atoms. The molecule has 2 N–H and O–H groups in total. The molecule has 0 aromatic carbocycles. The van der Waals surface area contributed by atoms with Gasteiger partial charge in [-0.15, -0.1) is 24.0 Å². The molecule has 2 rings (SSSR count). The lowest BCUT2D eigenvalue weighted by atomic mass is 10.3. The molecule has 0 fully saturated rings. The Labute approximate surface area is 179 Å². The summed E-state index contributed by atoms with van der Waals surface area (Å²) in [6.45, 7) is 6.56. The molecule has 0 saturated carbocycles. The van der Waals surface area contributed by atoms with Gasteiger partial charge in [0.25, 0.3) is 0 Å². The second-order valence-electron chi connectivity index (χ2n) is 6.48. The van der Waals surface area contributed by atoms with Crippen LogP contribution in [0.5, 0.6) is 0 Å². The lowest BCUT2D eigenvalue weighted by Gasteiger charge is -2.18. The van der Waals surface area contributed by atoms with Gasteiger partial charge in [0.1, 0.15) is 5.65 Å². The fraction of sp³-hybridized carbons (Fsp3) is 0.579. The Morgan fingerprint density at radius 3 is 2.78 bits per heavy atom. The van der Waals surface area contributed by atoms with E-state index in [0.29, 0.717) is 0 Å². The third-order valence-electron chi connectivity index (χ3n) is 4.30. The van der Waals surface area contributed by atoms with Gasteiger partial charge in [-0.1, -0.05) is 6.07 Å². The third kappa shape index (κ3) is 8.02. The Kier molecular flexibility index (Phi) is 11.3. The standard InChI is InChI=1S/C19H32N6O.HI/c1-16-7-5-12-25-15-17(23-18(16)25)8-9-21-19(20-2)22-10-13-24(3)11-6-14-26-4;/h5,7,12,15H,6,8-11,13-14H2,1-4H3,(H2,20,21,22);1H. The predicted molar refractivity (Wildman–Crippen MR) is 122 cm³/mol. The summed E-state index contributed by atoms with van der Waals surface area (Å²) in [6, 6.07) is 4.13. The Hall–Kier alpha value is -1.39. The molecular weight excluding hydrogens is 455 g/mol. The average molecular weight is 488 g/mol. The summed E-state index contributed by atoms with van der Waals surface area (Å²) in [5.41, 5.74) is 3.31. The maximum absolute atomic E-state index is 5.08. The highest BCUT2D eigenvalue weighted by atomic mass is 127. The number of imidazole rings is 1. The van der Waals surface area contributed by atoms with Gasteiger partial charge in [-0.25, -0.2) is 4.98 Å². The van der Waals surface area contributed by atoms with Gasteiger partial charge in [0.15, 0.2) is 5.96 Å². The van der Waals surface area contributed by atoms with Crippen LogP contribution in [0.15, 0.2) is 29.5 Å². The van der Waals surface area contributed by atoms with Crippen LogP contribution in [0, 0.1) is 6.92 Å². The van der Waals surface area contributed by atoms with Gasteiger partial charge < -0.3 is 24.7 Å². The van der Waals surface area contributed by atoms with Crippen molar-refractivity contribution in [1.82, 2.24) is 24.9 Å². The molecule has 2 aromatic heterocycles. The van der Waals surface area contributed by atoms with Crippen LogP contribution < -0.4 is 10.6 Å². The molecule has 2 aromatic rings. The van der Waals surface area contributed by atoms with Crippen molar-refractivity contribution in [2.45, 2.75) is 19.8 Å². The minimum absolute atomic E-state index is 0. The number of hydrogen-bond acceptors (Lipinski definition) is 4. The van der Waals surface area contributed by atoms with Crippen molar-refractivity contribution in [3.63, 3.8) is 0 Å². The molecule has 7 nitrogen and oxygen atoms in total. The predicted octanol–water partition coefficient (Wildman–Crippen LogP) is 1.94. The number of likely N-dealkylation sites (N-methyl/N-ethyl adjacent to an activating group) is 1. The molecular formula is C19H33IN6O. The average Bonchev–Trinajstić information content (AvgIpc) is 3.05. The molecule has 0 saturated heterocycles. The van der Waals surface area contributed by atoms with Crippen LogP contribution in [0.4, 0.5) is 0 Å². The number of ether oxygens (including phenoxy) is 1. The lowest BCUT2D eigenvalue weighted by molar-refractivity contribution is 0.180. The highest BCUT2D eigenvalue weighted by molar-refractivity contribution is 14.0. The zero-order chi connectivity index (χ0) is 18.8. The normalized spacial score (nSPS) is 11.7. The minimum atomic E-state index is 0. The summed E-state index contributed by atoms with van der Waals surface area (Å²) in [6.07, 6.45) is 6.04. The Morgan fingerprint density at radius 1 is 1.30 bits per heavy atom. The van der Waals surface area contributed by atoms with Crippen molar-refractivity contribution in [2.24, 2.45) is 4.99 Å². The van der Waals surface area contributed by atoms with Gasteiger partial charge in [0, 0.05) is 65.8 Å². The SMILES string of the molecule is CN=C(NCCc1cn2cccc(C)c2n1)NCCN(C)CCCOC.I. The van der Waals surface area contributed by atoms with Crippen LogP contribution in [0.25, 0.3) is 5.65 Å². The molecule has 0 atom stereocenters. The second kappa shape index (κ2) is 12.9. The monoisotopic (exact) mass is 488 g/mol. The zero-order valence-corrected chi connectivity index (χ0v) is 19.2. The highest BCUT2D eigenvalue weighted by Gasteiger charge is 2.04. The first-order valence-electron chi connectivity index (χ1n) is 9.19. The topological polar surface area (TPSA) is 66.2 Å². The molecule has 0 aliphatic heterocycles. The maximum atomic E-state index is 5.08. The molecule has 27 heavy (non-hydrogen) atoms. The summed E-state index contributed by atoms with van der Waals surface area (Å²) in [4.78, 5) is 11.3. The van der Waals surface area contributed by atoms with E-state index >= 15 is 0 Å². The van der Waals surface area contributed by atoms with Crippen molar-refractivity contribution in [3.8, 4) is 0 Å². The van der Waals surface area contributed by atoms with Crippen LogP contribution in [0.1, 0.15) is 17.7 Å². The number of hydrogen-bond donors (Lipinski definition) is 2. The highest BCUT2D eigenvalue weighted by Crippen LogP contribution is 2.09. The van der Waals surface area contributed by atoms with Crippen LogP contribution in [0.3, 0.4) is 0 Å². The van der Waals surface area contributed by atoms with E-state index in [2.05, 4.69) is 51.2 Å². The first kappa shape index (κ1) is 23.6. The number of methoxy groups -OCH3 is 1. The summed E-state index contributed by atoms with van der Waals surface area (Å²) < 4.78 is 7.16. The summed E-state index contributed by atoms with van der Waals surface area (Å²) in [7, 11) is 5.66. The molecule has 0 aliphatic rings. The Morgan fingerprint density at radius 2 is 2.07 bits per heavy atom. The number of nitrogens with one attached hydrogen (secondary N) is 2. The van der Waals surface area contributed by atoms with Crippen molar-refractivity contribution in [2.75, 3.05) is 54.0 Å². The summed E-state index contributed by atoms with van der Waals surface area (Å²) in [5.74, 6) is 0.829. The Balaban J connectivity index is 0.00000364. The first-order chi connectivity index (χ1) is 12.6. The maximum Gasteiger partial charge on any atom is 0.191 e. The number of rotatable bonds is 10. The number of fused-ring (bicyclic) bond motifs is 1. The fourth-order valence-corrected chi connectivity index (χ4v) is 2.81. The van der Waals surface area contributed by atoms with E-state index in [1.54, 1.807) is 14.2 Å².